The maximum Gasteiger partial charge on any atom is 0.335 e. The first kappa shape index (κ1) is 14.8. The molecule has 1 heterocycles. The summed E-state index contributed by atoms with van der Waals surface area (Å²) >= 11 is 1.60. The molecule has 0 aliphatic heterocycles. The van der Waals surface area contributed by atoms with Gasteiger partial charge in [0.15, 0.2) is 0 Å². The predicted molar refractivity (Wildman–Crippen MR) is 85.5 cm³/mol. The van der Waals surface area contributed by atoms with E-state index < -0.39 is 5.97 Å². The van der Waals surface area contributed by atoms with E-state index in [4.69, 9.17) is 5.11 Å². The first-order valence-corrected chi connectivity index (χ1v) is 8.17. The van der Waals surface area contributed by atoms with Crippen molar-refractivity contribution < 1.29 is 14.7 Å². The standard InChI is InChI=1S/C17H17NO3S/c19-16(15-9-13-3-1-2-4-14(13)22-15)18-10-11-5-7-12(8-6-11)17(20)21/h5-9H,1-4,10H2,(H,18,19)(H,20,21). The lowest BCUT2D eigenvalue weighted by atomic mass is 9.99. The van der Waals surface area contributed by atoms with Crippen molar-refractivity contribution >= 4 is 23.2 Å². The van der Waals surface area contributed by atoms with E-state index in [9.17, 15) is 9.59 Å². The Bertz CT molecular complexity index is 680. The maximum absolute atomic E-state index is 12.2. The number of carbonyl (C=O) groups is 2. The van der Waals surface area contributed by atoms with Crippen molar-refractivity contribution in [3.63, 3.8) is 0 Å². The highest BCUT2D eigenvalue weighted by atomic mass is 32.1. The third-order valence-electron chi connectivity index (χ3n) is 3.87. The van der Waals surface area contributed by atoms with Crippen LogP contribution in [-0.4, -0.2) is 17.0 Å². The number of aryl methyl sites for hydroxylation is 2. The molecule has 0 atom stereocenters. The quantitative estimate of drug-likeness (QED) is 0.910. The van der Waals surface area contributed by atoms with Gasteiger partial charge in [-0.3, -0.25) is 4.79 Å². The molecule has 3 rings (SSSR count). The van der Waals surface area contributed by atoms with Crippen molar-refractivity contribution in [2.24, 2.45) is 0 Å². The number of amides is 1. The largest absolute Gasteiger partial charge is 0.478 e. The van der Waals surface area contributed by atoms with Crippen LogP contribution in [0.25, 0.3) is 0 Å². The highest BCUT2D eigenvalue weighted by molar-refractivity contribution is 7.14. The van der Waals surface area contributed by atoms with Crippen LogP contribution in [0.1, 0.15) is 48.9 Å². The number of hydrogen-bond acceptors (Lipinski definition) is 3. The molecule has 0 saturated carbocycles. The molecule has 1 aliphatic rings. The van der Waals surface area contributed by atoms with Crippen molar-refractivity contribution in [1.82, 2.24) is 5.32 Å². The highest BCUT2D eigenvalue weighted by Gasteiger charge is 2.17. The van der Waals surface area contributed by atoms with Gasteiger partial charge in [0.05, 0.1) is 10.4 Å². The number of carbonyl (C=O) groups excluding carboxylic acids is 1. The third kappa shape index (κ3) is 3.20. The minimum Gasteiger partial charge on any atom is -0.478 e. The van der Waals surface area contributed by atoms with E-state index in [1.165, 1.54) is 23.3 Å². The Labute approximate surface area is 132 Å². The molecule has 22 heavy (non-hydrogen) atoms. The summed E-state index contributed by atoms with van der Waals surface area (Å²) in [5.74, 6) is -0.999. The van der Waals surface area contributed by atoms with Crippen molar-refractivity contribution in [1.29, 1.82) is 0 Å². The molecule has 1 aromatic heterocycles. The molecule has 0 bridgehead atoms. The van der Waals surface area contributed by atoms with Crippen LogP contribution < -0.4 is 5.32 Å². The Kier molecular flexibility index (Phi) is 4.24. The molecule has 114 valence electrons. The molecule has 0 radical (unpaired) electrons. The molecule has 0 fully saturated rings. The molecule has 4 nitrogen and oxygen atoms in total. The van der Waals surface area contributed by atoms with Crippen LogP contribution >= 0.6 is 11.3 Å². The van der Waals surface area contributed by atoms with Gasteiger partial charge in [-0.25, -0.2) is 4.79 Å². The topological polar surface area (TPSA) is 66.4 Å². The smallest absolute Gasteiger partial charge is 0.335 e. The van der Waals surface area contributed by atoms with Crippen LogP contribution in [0, 0.1) is 0 Å². The van der Waals surface area contributed by atoms with E-state index >= 15 is 0 Å². The van der Waals surface area contributed by atoms with Crippen LogP contribution in [0.15, 0.2) is 30.3 Å². The third-order valence-corrected chi connectivity index (χ3v) is 5.11. The summed E-state index contributed by atoms with van der Waals surface area (Å²) in [5, 5.41) is 11.8. The van der Waals surface area contributed by atoms with E-state index in [1.807, 2.05) is 6.07 Å². The first-order chi connectivity index (χ1) is 10.6. The summed E-state index contributed by atoms with van der Waals surface area (Å²) in [6.45, 7) is 0.404. The molecule has 1 aromatic carbocycles. The molecule has 0 unspecified atom stereocenters. The molecule has 1 amide bonds. The lowest BCUT2D eigenvalue weighted by Crippen LogP contribution is -2.21. The van der Waals surface area contributed by atoms with Crippen LogP contribution in [0.4, 0.5) is 0 Å². The second kappa shape index (κ2) is 6.32. The molecular weight excluding hydrogens is 298 g/mol. The first-order valence-electron chi connectivity index (χ1n) is 7.35. The van der Waals surface area contributed by atoms with Gasteiger partial charge < -0.3 is 10.4 Å². The second-order valence-electron chi connectivity index (χ2n) is 5.45. The zero-order valence-corrected chi connectivity index (χ0v) is 12.9. The number of carboxylic acid groups (broad SMARTS) is 1. The Balaban J connectivity index is 1.62. The SMILES string of the molecule is O=C(O)c1ccc(CNC(=O)c2cc3c(s2)CCCC3)cc1. The van der Waals surface area contributed by atoms with E-state index in [0.29, 0.717) is 6.54 Å². The summed E-state index contributed by atoms with van der Waals surface area (Å²) in [4.78, 5) is 25.1. The fraction of sp³-hybridized carbons (Fsp3) is 0.294. The highest BCUT2D eigenvalue weighted by Crippen LogP contribution is 2.29. The number of fused-ring (bicyclic) bond motifs is 1. The lowest BCUT2D eigenvalue weighted by molar-refractivity contribution is 0.0696. The van der Waals surface area contributed by atoms with Gasteiger partial charge in [-0.05, 0) is 55.0 Å². The summed E-state index contributed by atoms with van der Waals surface area (Å²) in [6, 6.07) is 8.57. The van der Waals surface area contributed by atoms with Gasteiger partial charge in [-0.15, -0.1) is 11.3 Å². The number of rotatable bonds is 4. The van der Waals surface area contributed by atoms with Gasteiger partial charge in [0.1, 0.15) is 0 Å². The van der Waals surface area contributed by atoms with E-state index in [2.05, 4.69) is 5.32 Å². The molecular formula is C17H17NO3S. The van der Waals surface area contributed by atoms with Crippen molar-refractivity contribution in [2.75, 3.05) is 0 Å². The fourth-order valence-corrected chi connectivity index (χ4v) is 3.81. The Morgan fingerprint density at radius 2 is 1.86 bits per heavy atom. The molecule has 0 saturated heterocycles. The summed E-state index contributed by atoms with van der Waals surface area (Å²) in [6.07, 6.45) is 4.59. The molecule has 5 heteroatoms. The van der Waals surface area contributed by atoms with Gasteiger partial charge in [-0.2, -0.15) is 0 Å². The Morgan fingerprint density at radius 3 is 2.55 bits per heavy atom. The molecule has 2 N–H and O–H groups in total. The normalized spacial score (nSPS) is 13.5. The minimum atomic E-state index is -0.945. The Hall–Kier alpha value is -2.14. The zero-order valence-electron chi connectivity index (χ0n) is 12.1. The number of carboxylic acids is 1. The summed E-state index contributed by atoms with van der Waals surface area (Å²) in [7, 11) is 0. The average Bonchev–Trinajstić information content (AvgIpc) is 2.97. The van der Waals surface area contributed by atoms with Crippen molar-refractivity contribution in [3.8, 4) is 0 Å². The van der Waals surface area contributed by atoms with Crippen molar-refractivity contribution in [3.05, 3.63) is 56.8 Å². The average molecular weight is 315 g/mol. The summed E-state index contributed by atoms with van der Waals surface area (Å²) < 4.78 is 0. The van der Waals surface area contributed by atoms with Gasteiger partial charge in [0, 0.05) is 11.4 Å². The van der Waals surface area contributed by atoms with Crippen LogP contribution in [-0.2, 0) is 19.4 Å². The summed E-state index contributed by atoms with van der Waals surface area (Å²) in [5.41, 5.74) is 2.47. The van der Waals surface area contributed by atoms with E-state index in [-0.39, 0.29) is 11.5 Å². The Morgan fingerprint density at radius 1 is 1.14 bits per heavy atom. The number of thiophene rings is 1. The monoisotopic (exact) mass is 315 g/mol. The van der Waals surface area contributed by atoms with Crippen molar-refractivity contribution in [2.45, 2.75) is 32.2 Å². The second-order valence-corrected chi connectivity index (χ2v) is 6.59. The van der Waals surface area contributed by atoms with E-state index in [0.717, 1.165) is 23.3 Å². The number of benzene rings is 1. The number of hydrogen-bond donors (Lipinski definition) is 2. The van der Waals surface area contributed by atoms with Gasteiger partial charge in [0.2, 0.25) is 0 Å². The molecule has 1 aliphatic carbocycles. The number of nitrogens with one attached hydrogen (secondary N) is 1. The number of aromatic carboxylic acids is 1. The fourth-order valence-electron chi connectivity index (χ4n) is 2.64. The lowest BCUT2D eigenvalue weighted by Gasteiger charge is -2.08. The minimum absolute atomic E-state index is 0.0540. The van der Waals surface area contributed by atoms with Crippen LogP contribution in [0.5, 0.6) is 0 Å². The maximum atomic E-state index is 12.2. The van der Waals surface area contributed by atoms with Gasteiger partial charge in [-0.1, -0.05) is 12.1 Å². The van der Waals surface area contributed by atoms with Crippen LogP contribution in [0.3, 0.4) is 0 Å². The van der Waals surface area contributed by atoms with E-state index in [1.54, 1.807) is 35.6 Å². The zero-order chi connectivity index (χ0) is 15.5. The molecule has 2 aromatic rings. The van der Waals surface area contributed by atoms with Crippen LogP contribution in [0.2, 0.25) is 0 Å². The molecule has 0 spiro atoms. The predicted octanol–water partition coefficient (Wildman–Crippen LogP) is 3.26. The van der Waals surface area contributed by atoms with Gasteiger partial charge in [0.25, 0.3) is 5.91 Å². The van der Waals surface area contributed by atoms with Gasteiger partial charge >= 0.3 is 5.97 Å².